The molecule has 0 spiro atoms. The van der Waals surface area contributed by atoms with Crippen molar-refractivity contribution in [2.45, 2.75) is 4.90 Å². The number of aromatic nitrogens is 1. The molecule has 2 aromatic rings. The first-order valence-electron chi connectivity index (χ1n) is 8.61. The van der Waals surface area contributed by atoms with E-state index in [0.29, 0.717) is 5.69 Å². The van der Waals surface area contributed by atoms with Crippen molar-refractivity contribution in [1.29, 1.82) is 0 Å². The normalized spacial score (nSPS) is 15.4. The predicted octanol–water partition coefficient (Wildman–Crippen LogP) is 0.854. The summed E-state index contributed by atoms with van der Waals surface area (Å²) in [5.41, 5.74) is 0.336. The Morgan fingerprint density at radius 2 is 1.71 bits per heavy atom. The fourth-order valence-electron chi connectivity index (χ4n) is 2.90. The lowest BCUT2D eigenvalue weighted by Crippen LogP contribution is -2.51. The largest absolute Gasteiger partial charge is 0.451 e. The third-order valence-electron chi connectivity index (χ3n) is 4.52. The van der Waals surface area contributed by atoms with Crippen molar-refractivity contribution in [3.05, 3.63) is 54.1 Å². The molecule has 0 atom stereocenters. The number of halogens is 1. The molecule has 0 radical (unpaired) electrons. The molecule has 1 fully saturated rings. The summed E-state index contributed by atoms with van der Waals surface area (Å²) in [5, 5.41) is 0. The smallest absolute Gasteiger partial charge is 0.355 e. The van der Waals surface area contributed by atoms with Crippen LogP contribution < -0.4 is 0 Å². The number of nitrogens with zero attached hydrogens (tertiary/aromatic N) is 3. The zero-order valence-corrected chi connectivity index (χ0v) is 16.1. The molecule has 0 N–H and O–H groups in total. The van der Waals surface area contributed by atoms with Gasteiger partial charge in [-0.05, 0) is 36.4 Å². The third-order valence-corrected chi connectivity index (χ3v) is 6.44. The predicted molar refractivity (Wildman–Crippen MR) is 97.4 cm³/mol. The van der Waals surface area contributed by atoms with E-state index in [1.54, 1.807) is 29.9 Å². The Morgan fingerprint density at radius 3 is 2.29 bits per heavy atom. The third kappa shape index (κ3) is 4.23. The number of hydrogen-bond donors (Lipinski definition) is 0. The molecule has 10 heteroatoms. The quantitative estimate of drug-likeness (QED) is 0.684. The van der Waals surface area contributed by atoms with Crippen LogP contribution in [0.1, 0.15) is 10.5 Å². The van der Waals surface area contributed by atoms with Crippen molar-refractivity contribution >= 4 is 21.9 Å². The van der Waals surface area contributed by atoms with Gasteiger partial charge in [-0.15, -0.1) is 0 Å². The maximum absolute atomic E-state index is 13.0. The van der Waals surface area contributed by atoms with E-state index in [0.717, 1.165) is 12.1 Å². The Bertz CT molecular complexity index is 963. The summed E-state index contributed by atoms with van der Waals surface area (Å²) < 4.78 is 46.0. The van der Waals surface area contributed by atoms with Crippen molar-refractivity contribution in [3.63, 3.8) is 0 Å². The highest BCUT2D eigenvalue weighted by Crippen LogP contribution is 2.18. The number of hydrogen-bond acceptors (Lipinski definition) is 5. The maximum atomic E-state index is 13.0. The van der Waals surface area contributed by atoms with E-state index in [1.807, 2.05) is 0 Å². The summed E-state index contributed by atoms with van der Waals surface area (Å²) in [4.78, 5) is 25.7. The number of piperazine rings is 1. The van der Waals surface area contributed by atoms with Gasteiger partial charge in [0.05, 0.1) is 4.90 Å². The van der Waals surface area contributed by atoms with Crippen molar-refractivity contribution in [3.8, 4) is 0 Å². The second kappa shape index (κ2) is 8.11. The van der Waals surface area contributed by atoms with Gasteiger partial charge in [-0.1, -0.05) is 0 Å². The van der Waals surface area contributed by atoms with Gasteiger partial charge in [-0.25, -0.2) is 17.6 Å². The molecule has 0 bridgehead atoms. The van der Waals surface area contributed by atoms with E-state index < -0.39 is 28.4 Å². The molecule has 2 heterocycles. The summed E-state index contributed by atoms with van der Waals surface area (Å²) in [6.45, 7) is 0.172. The van der Waals surface area contributed by atoms with Crippen LogP contribution in [0.15, 0.2) is 47.5 Å². The van der Waals surface area contributed by atoms with Crippen LogP contribution in [0.2, 0.25) is 0 Å². The molecule has 0 saturated carbocycles. The number of ether oxygens (including phenoxy) is 1. The molecule has 1 aliphatic rings. The van der Waals surface area contributed by atoms with Crippen LogP contribution >= 0.6 is 0 Å². The van der Waals surface area contributed by atoms with E-state index in [9.17, 15) is 22.4 Å². The molecule has 3 rings (SSSR count). The summed E-state index contributed by atoms with van der Waals surface area (Å²) in [6, 6.07) is 7.89. The number of esters is 1. The van der Waals surface area contributed by atoms with E-state index in [4.69, 9.17) is 4.74 Å². The summed E-state index contributed by atoms with van der Waals surface area (Å²) in [7, 11) is -2.05. The summed E-state index contributed by atoms with van der Waals surface area (Å²) in [5.74, 6) is -1.50. The van der Waals surface area contributed by atoms with Gasteiger partial charge >= 0.3 is 5.97 Å². The van der Waals surface area contributed by atoms with Crippen LogP contribution in [0.25, 0.3) is 0 Å². The molecule has 1 aliphatic heterocycles. The van der Waals surface area contributed by atoms with Gasteiger partial charge in [0, 0.05) is 39.4 Å². The standard InChI is InChI=1S/C18H20FN3O5S/c1-20-8-2-3-16(20)18(24)27-13-17(23)21-9-11-22(12-10-21)28(25,26)15-6-4-14(19)5-7-15/h2-8H,9-13H2,1H3. The van der Waals surface area contributed by atoms with E-state index >= 15 is 0 Å². The minimum atomic E-state index is -3.75. The number of carbonyl (C=O) groups is 2. The van der Waals surface area contributed by atoms with E-state index in [1.165, 1.54) is 21.3 Å². The van der Waals surface area contributed by atoms with Crippen molar-refractivity contribution in [2.75, 3.05) is 32.8 Å². The number of aryl methyl sites for hydroxylation is 1. The number of sulfonamides is 1. The van der Waals surface area contributed by atoms with E-state index in [-0.39, 0.29) is 37.0 Å². The van der Waals surface area contributed by atoms with Crippen LogP contribution in [-0.4, -0.2) is 66.9 Å². The summed E-state index contributed by atoms with van der Waals surface area (Å²) >= 11 is 0. The second-order valence-corrected chi connectivity index (χ2v) is 8.26. The fourth-order valence-corrected chi connectivity index (χ4v) is 4.32. The van der Waals surface area contributed by atoms with Gasteiger partial charge in [-0.3, -0.25) is 4.79 Å². The van der Waals surface area contributed by atoms with Crippen LogP contribution in [-0.2, 0) is 26.6 Å². The highest BCUT2D eigenvalue weighted by Gasteiger charge is 2.30. The van der Waals surface area contributed by atoms with E-state index in [2.05, 4.69) is 0 Å². The van der Waals surface area contributed by atoms with Crippen LogP contribution in [0.5, 0.6) is 0 Å². The lowest BCUT2D eigenvalue weighted by atomic mass is 10.3. The lowest BCUT2D eigenvalue weighted by Gasteiger charge is -2.33. The SMILES string of the molecule is Cn1cccc1C(=O)OCC(=O)N1CCN(S(=O)(=O)c2ccc(F)cc2)CC1. The van der Waals surface area contributed by atoms with Crippen LogP contribution in [0.3, 0.4) is 0 Å². The van der Waals surface area contributed by atoms with Crippen molar-refractivity contribution in [1.82, 2.24) is 13.8 Å². The topological polar surface area (TPSA) is 88.9 Å². The van der Waals surface area contributed by atoms with Gasteiger partial charge < -0.3 is 14.2 Å². The first-order valence-corrected chi connectivity index (χ1v) is 10.0. The first-order chi connectivity index (χ1) is 13.3. The molecule has 150 valence electrons. The van der Waals surface area contributed by atoms with Gasteiger partial charge in [0.2, 0.25) is 10.0 Å². The molecule has 28 heavy (non-hydrogen) atoms. The Labute approximate surface area is 162 Å². The average molecular weight is 409 g/mol. The Kier molecular flexibility index (Phi) is 5.80. The highest BCUT2D eigenvalue weighted by molar-refractivity contribution is 7.89. The van der Waals surface area contributed by atoms with Gasteiger partial charge in [0.15, 0.2) is 6.61 Å². The Hall–Kier alpha value is -2.72. The average Bonchev–Trinajstić information content (AvgIpc) is 3.12. The van der Waals surface area contributed by atoms with Crippen molar-refractivity contribution in [2.24, 2.45) is 7.05 Å². The van der Waals surface area contributed by atoms with Crippen LogP contribution in [0.4, 0.5) is 4.39 Å². The number of rotatable bonds is 5. The number of amides is 1. The molecule has 1 aromatic carbocycles. The molecule has 0 aliphatic carbocycles. The molecule has 1 amide bonds. The molecular formula is C18H20FN3O5S. The first kappa shape index (κ1) is 20.0. The Balaban J connectivity index is 1.53. The molecule has 1 aromatic heterocycles. The van der Waals surface area contributed by atoms with Gasteiger partial charge in [-0.2, -0.15) is 4.31 Å². The molecule has 8 nitrogen and oxygen atoms in total. The lowest BCUT2D eigenvalue weighted by molar-refractivity contribution is -0.135. The molecule has 0 unspecified atom stereocenters. The zero-order valence-electron chi connectivity index (χ0n) is 15.2. The molecular weight excluding hydrogens is 389 g/mol. The minimum absolute atomic E-state index is 0.00479. The second-order valence-electron chi connectivity index (χ2n) is 6.32. The molecule has 1 saturated heterocycles. The van der Waals surface area contributed by atoms with Crippen molar-refractivity contribution < 1.29 is 27.1 Å². The maximum Gasteiger partial charge on any atom is 0.355 e. The number of benzene rings is 1. The highest BCUT2D eigenvalue weighted by atomic mass is 32.2. The fraction of sp³-hybridized carbons (Fsp3) is 0.333. The monoisotopic (exact) mass is 409 g/mol. The minimum Gasteiger partial charge on any atom is -0.451 e. The summed E-state index contributed by atoms with van der Waals surface area (Å²) in [6.07, 6.45) is 1.69. The van der Waals surface area contributed by atoms with Crippen LogP contribution in [0, 0.1) is 5.82 Å². The van der Waals surface area contributed by atoms with Gasteiger partial charge in [0.25, 0.3) is 5.91 Å². The Morgan fingerprint density at radius 1 is 1.07 bits per heavy atom. The zero-order chi connectivity index (χ0) is 20.3. The number of carbonyl (C=O) groups excluding carboxylic acids is 2. The van der Waals surface area contributed by atoms with Gasteiger partial charge in [0.1, 0.15) is 11.5 Å².